The minimum atomic E-state index is -6.45. The highest BCUT2D eigenvalue weighted by atomic mass is 19.4. The summed E-state index contributed by atoms with van der Waals surface area (Å²) in [6, 6.07) is 0. The molecule has 0 aliphatic rings. The maximum absolute atomic E-state index is 13.3. The Morgan fingerprint density at radius 3 is 2.03 bits per heavy atom. The quantitative estimate of drug-likeness (QED) is 0.207. The normalized spacial score (nSPS) is 13.4. The first-order chi connectivity index (χ1) is 14.2. The maximum Gasteiger partial charge on any atom is 0.381 e. The number of hydrogen-bond acceptors (Lipinski definition) is 4. The first-order valence-corrected chi connectivity index (χ1v) is 9.45. The third-order valence-electron chi connectivity index (χ3n) is 3.91. The minimum Gasteiger partial charge on any atom is -0.461 e. The van der Waals surface area contributed by atoms with E-state index in [4.69, 9.17) is 4.74 Å². The van der Waals surface area contributed by atoms with Crippen LogP contribution in [0.5, 0.6) is 0 Å². The van der Waals surface area contributed by atoms with Crippen LogP contribution < -0.4 is 0 Å². The second kappa shape index (κ2) is 12.7. The van der Waals surface area contributed by atoms with Crippen LogP contribution in [0.15, 0.2) is 0 Å². The lowest BCUT2D eigenvalue weighted by Crippen LogP contribution is -2.59. The van der Waals surface area contributed by atoms with E-state index in [-0.39, 0.29) is 12.8 Å². The lowest BCUT2D eigenvalue weighted by Gasteiger charge is -2.31. The smallest absolute Gasteiger partial charge is 0.381 e. The summed E-state index contributed by atoms with van der Waals surface area (Å²) in [4.78, 5) is 23.1. The van der Waals surface area contributed by atoms with Crippen molar-refractivity contribution in [3.8, 4) is 11.8 Å². The van der Waals surface area contributed by atoms with Crippen LogP contribution in [0.2, 0.25) is 0 Å². The van der Waals surface area contributed by atoms with Gasteiger partial charge in [0.05, 0.1) is 0 Å². The number of carbonyl (C=O) groups is 2. The van der Waals surface area contributed by atoms with Gasteiger partial charge in [0, 0.05) is 25.7 Å². The predicted octanol–water partition coefficient (Wildman–Crippen LogP) is 5.39. The van der Waals surface area contributed by atoms with E-state index in [1.54, 1.807) is 6.92 Å². The van der Waals surface area contributed by atoms with Crippen LogP contribution in [0.25, 0.3) is 0 Å². The fraction of sp³-hybridized carbons (Fsp3) is 0.789. The molecule has 1 atom stereocenters. The van der Waals surface area contributed by atoms with Gasteiger partial charge >= 0.3 is 36.1 Å². The van der Waals surface area contributed by atoms with Crippen molar-refractivity contribution < 1.29 is 54.2 Å². The Labute approximate surface area is 174 Å². The number of esters is 2. The minimum absolute atomic E-state index is 0.259. The van der Waals surface area contributed by atoms with Gasteiger partial charge in [-0.05, 0) is 19.3 Å². The highest BCUT2D eigenvalue weighted by Gasteiger charge is 2.75. The van der Waals surface area contributed by atoms with E-state index in [2.05, 4.69) is 16.6 Å². The molecule has 0 aliphatic heterocycles. The molecule has 4 nitrogen and oxygen atoms in total. The monoisotopic (exact) mass is 468 g/mol. The summed E-state index contributed by atoms with van der Waals surface area (Å²) >= 11 is 0. The third-order valence-corrected chi connectivity index (χ3v) is 3.91. The molecule has 0 heterocycles. The SMILES string of the molecule is CCCC#CCC(CC)OC(=O)CCCC(=O)OCC(F)(F)C(F)(F)C(F)(F)C(F)F. The summed E-state index contributed by atoms with van der Waals surface area (Å²) in [5, 5.41) is 0. The zero-order valence-electron chi connectivity index (χ0n) is 17.0. The molecule has 0 aromatic carbocycles. The number of rotatable bonds is 13. The Balaban J connectivity index is 4.49. The number of alkyl halides is 8. The Morgan fingerprint density at radius 1 is 0.935 bits per heavy atom. The molecule has 0 N–H and O–H groups in total. The Hall–Kier alpha value is -2.06. The Morgan fingerprint density at radius 2 is 1.52 bits per heavy atom. The summed E-state index contributed by atoms with van der Waals surface area (Å²) in [6.07, 6.45) is -4.47. The van der Waals surface area contributed by atoms with Gasteiger partial charge in [0.2, 0.25) is 0 Å². The predicted molar refractivity (Wildman–Crippen MR) is 93.1 cm³/mol. The van der Waals surface area contributed by atoms with Crippen LogP contribution in [0, 0.1) is 11.8 Å². The lowest BCUT2D eigenvalue weighted by molar-refractivity contribution is -0.344. The molecular formula is C19H24F8O4. The highest BCUT2D eigenvalue weighted by Crippen LogP contribution is 2.48. The van der Waals surface area contributed by atoms with Gasteiger partial charge in [-0.3, -0.25) is 9.59 Å². The van der Waals surface area contributed by atoms with Crippen LogP contribution in [-0.4, -0.2) is 48.8 Å². The van der Waals surface area contributed by atoms with Crippen molar-refractivity contribution >= 4 is 11.9 Å². The first kappa shape index (κ1) is 28.9. The Bertz CT molecular complexity index is 641. The van der Waals surface area contributed by atoms with Crippen molar-refractivity contribution in [3.63, 3.8) is 0 Å². The van der Waals surface area contributed by atoms with Crippen LogP contribution in [0.3, 0.4) is 0 Å². The van der Waals surface area contributed by atoms with Gasteiger partial charge in [-0.2, -0.15) is 26.3 Å². The lowest BCUT2D eigenvalue weighted by atomic mass is 10.1. The van der Waals surface area contributed by atoms with Gasteiger partial charge in [-0.1, -0.05) is 19.8 Å². The molecule has 0 amide bonds. The fourth-order valence-corrected chi connectivity index (χ4v) is 2.01. The molecular weight excluding hydrogens is 444 g/mol. The molecule has 0 aromatic heterocycles. The summed E-state index contributed by atoms with van der Waals surface area (Å²) in [6.45, 7) is 1.17. The molecule has 31 heavy (non-hydrogen) atoms. The fourth-order valence-electron chi connectivity index (χ4n) is 2.01. The number of ether oxygens (including phenoxy) is 2. The van der Waals surface area contributed by atoms with Crippen molar-refractivity contribution in [2.45, 2.75) is 89.1 Å². The van der Waals surface area contributed by atoms with Gasteiger partial charge in [0.1, 0.15) is 6.10 Å². The maximum atomic E-state index is 13.3. The van der Waals surface area contributed by atoms with E-state index in [1.165, 1.54) is 0 Å². The summed E-state index contributed by atoms with van der Waals surface area (Å²) < 4.78 is 111. The number of unbranched alkanes of at least 4 members (excludes halogenated alkanes) is 1. The van der Waals surface area contributed by atoms with Crippen LogP contribution in [0.1, 0.15) is 58.8 Å². The molecule has 0 spiro atoms. The average molecular weight is 468 g/mol. The molecule has 0 aromatic rings. The summed E-state index contributed by atoms with van der Waals surface area (Å²) in [5.41, 5.74) is 0. The van der Waals surface area contributed by atoms with Crippen LogP contribution in [0.4, 0.5) is 35.1 Å². The molecule has 12 heteroatoms. The molecule has 0 saturated heterocycles. The van der Waals surface area contributed by atoms with E-state index >= 15 is 0 Å². The van der Waals surface area contributed by atoms with Crippen molar-refractivity contribution in [1.82, 2.24) is 0 Å². The van der Waals surface area contributed by atoms with E-state index in [1.807, 2.05) is 6.92 Å². The largest absolute Gasteiger partial charge is 0.461 e. The second-order valence-electron chi connectivity index (χ2n) is 6.54. The number of halogens is 8. The van der Waals surface area contributed by atoms with Gasteiger partial charge in [0.15, 0.2) is 6.61 Å². The zero-order chi connectivity index (χ0) is 24.3. The topological polar surface area (TPSA) is 52.6 Å². The van der Waals surface area contributed by atoms with Crippen molar-refractivity contribution in [1.29, 1.82) is 0 Å². The summed E-state index contributed by atoms with van der Waals surface area (Å²) in [5.74, 6) is -15.0. The average Bonchev–Trinajstić information content (AvgIpc) is 2.68. The molecule has 0 aliphatic carbocycles. The molecule has 180 valence electrons. The van der Waals surface area contributed by atoms with Gasteiger partial charge in [0.25, 0.3) is 0 Å². The first-order valence-electron chi connectivity index (χ1n) is 9.45. The molecule has 1 unspecified atom stereocenters. The van der Waals surface area contributed by atoms with E-state index in [9.17, 15) is 44.7 Å². The highest BCUT2D eigenvalue weighted by molar-refractivity contribution is 5.72. The standard InChI is InChI=1S/C19H24F8O4/c1-3-5-6-7-9-13(4-2)31-15(29)11-8-10-14(28)30-12-17(22,23)19(26,27)18(24,25)16(20)21/h13,16H,3-5,8-12H2,1-2H3. The number of carbonyl (C=O) groups excluding carboxylic acids is 2. The molecule has 0 saturated carbocycles. The van der Waals surface area contributed by atoms with Crippen molar-refractivity contribution in [2.75, 3.05) is 6.61 Å². The van der Waals surface area contributed by atoms with Gasteiger partial charge in [-0.15, -0.1) is 5.92 Å². The number of hydrogen-bond donors (Lipinski definition) is 0. The van der Waals surface area contributed by atoms with Crippen molar-refractivity contribution in [2.24, 2.45) is 0 Å². The van der Waals surface area contributed by atoms with E-state index < -0.39 is 55.3 Å². The molecule has 0 fully saturated rings. The zero-order valence-corrected chi connectivity index (χ0v) is 17.0. The van der Waals surface area contributed by atoms with E-state index in [0.717, 1.165) is 6.42 Å². The molecule has 0 rings (SSSR count). The van der Waals surface area contributed by atoms with Crippen molar-refractivity contribution in [3.05, 3.63) is 0 Å². The summed E-state index contributed by atoms with van der Waals surface area (Å²) in [7, 11) is 0. The molecule has 0 radical (unpaired) electrons. The van der Waals surface area contributed by atoms with Crippen LogP contribution in [-0.2, 0) is 19.1 Å². The van der Waals surface area contributed by atoms with Gasteiger partial charge in [-0.25, -0.2) is 8.78 Å². The third kappa shape index (κ3) is 8.91. The van der Waals surface area contributed by atoms with Gasteiger partial charge < -0.3 is 9.47 Å². The molecule has 0 bridgehead atoms. The van der Waals surface area contributed by atoms with E-state index in [0.29, 0.717) is 19.3 Å². The Kier molecular flexibility index (Phi) is 11.9. The second-order valence-corrected chi connectivity index (χ2v) is 6.54. The van der Waals surface area contributed by atoms with Crippen LogP contribution >= 0.6 is 0 Å².